The molecule has 0 saturated carbocycles. The molecule has 0 heterocycles. The lowest BCUT2D eigenvalue weighted by molar-refractivity contribution is -0.385. The Hall–Kier alpha value is -3.46. The molecule has 0 fully saturated rings. The van der Waals surface area contributed by atoms with Gasteiger partial charge in [0.15, 0.2) is 0 Å². The largest absolute Gasteiger partial charge is 0.277 e. The lowest BCUT2D eigenvalue weighted by Gasteiger charge is -2.03. The van der Waals surface area contributed by atoms with Crippen molar-refractivity contribution in [2.75, 3.05) is 0 Å². The molecule has 0 aliphatic carbocycles. The van der Waals surface area contributed by atoms with Gasteiger partial charge in [0.1, 0.15) is 0 Å². The van der Waals surface area contributed by atoms with Gasteiger partial charge >= 0.3 is 0 Å². The maximum absolute atomic E-state index is 11.4. The van der Waals surface area contributed by atoms with Crippen LogP contribution in [0.3, 0.4) is 0 Å². The van der Waals surface area contributed by atoms with Gasteiger partial charge in [-0.2, -0.15) is 0 Å². The smallest absolute Gasteiger partial charge is 0.258 e. The van der Waals surface area contributed by atoms with E-state index in [-0.39, 0.29) is 10.6 Å². The van der Waals surface area contributed by atoms with Crippen LogP contribution in [0.15, 0.2) is 78.9 Å². The van der Waals surface area contributed by atoms with Gasteiger partial charge in [-0.25, -0.2) is 0 Å². The molecule has 3 rings (SSSR count). The second-order valence-corrected chi connectivity index (χ2v) is 5.53. The third-order valence-corrected chi connectivity index (χ3v) is 3.81. The SMILES string of the molecule is O=[N+]([O-])c1cccc(C=Cc2ccccc2)c1C=Cc1ccccc1. The summed E-state index contributed by atoms with van der Waals surface area (Å²) in [4.78, 5) is 11.1. The van der Waals surface area contributed by atoms with Gasteiger partial charge in [0.2, 0.25) is 0 Å². The molecule has 3 heteroatoms. The highest BCUT2D eigenvalue weighted by atomic mass is 16.6. The quantitative estimate of drug-likeness (QED) is 0.331. The molecule has 25 heavy (non-hydrogen) atoms. The first kappa shape index (κ1) is 16.4. The van der Waals surface area contributed by atoms with E-state index in [9.17, 15) is 10.1 Å². The summed E-state index contributed by atoms with van der Waals surface area (Å²) < 4.78 is 0. The number of nitro groups is 1. The summed E-state index contributed by atoms with van der Waals surface area (Å²) >= 11 is 0. The van der Waals surface area contributed by atoms with Crippen molar-refractivity contribution in [1.29, 1.82) is 0 Å². The van der Waals surface area contributed by atoms with Gasteiger partial charge in [0.25, 0.3) is 5.69 Å². The van der Waals surface area contributed by atoms with Gasteiger partial charge in [-0.05, 0) is 22.8 Å². The van der Waals surface area contributed by atoms with Crippen molar-refractivity contribution in [3.8, 4) is 0 Å². The number of hydrogen-bond acceptors (Lipinski definition) is 2. The van der Waals surface area contributed by atoms with Crippen molar-refractivity contribution < 1.29 is 4.92 Å². The fourth-order valence-corrected chi connectivity index (χ4v) is 2.55. The van der Waals surface area contributed by atoms with Crippen LogP contribution in [0.4, 0.5) is 5.69 Å². The fourth-order valence-electron chi connectivity index (χ4n) is 2.55. The zero-order valence-corrected chi connectivity index (χ0v) is 13.6. The van der Waals surface area contributed by atoms with E-state index in [4.69, 9.17) is 0 Å². The van der Waals surface area contributed by atoms with Gasteiger partial charge in [-0.3, -0.25) is 10.1 Å². The minimum atomic E-state index is -0.343. The van der Waals surface area contributed by atoms with Crippen molar-refractivity contribution in [2.24, 2.45) is 0 Å². The second kappa shape index (κ2) is 7.88. The van der Waals surface area contributed by atoms with E-state index < -0.39 is 0 Å². The lowest BCUT2D eigenvalue weighted by atomic mass is 10.0. The van der Waals surface area contributed by atoms with Crippen LogP contribution in [-0.4, -0.2) is 4.92 Å². The monoisotopic (exact) mass is 327 g/mol. The molecule has 3 nitrogen and oxygen atoms in total. The molecule has 0 amide bonds. The summed E-state index contributed by atoms with van der Waals surface area (Å²) in [6, 6.07) is 24.7. The summed E-state index contributed by atoms with van der Waals surface area (Å²) in [5, 5.41) is 11.4. The van der Waals surface area contributed by atoms with Crippen LogP contribution < -0.4 is 0 Å². The van der Waals surface area contributed by atoms with Gasteiger partial charge < -0.3 is 0 Å². The Labute approximate surface area is 146 Å². The number of rotatable bonds is 5. The normalized spacial score (nSPS) is 11.2. The molecule has 0 spiro atoms. The molecule has 0 saturated heterocycles. The predicted molar refractivity (Wildman–Crippen MR) is 104 cm³/mol. The molecule has 0 aromatic heterocycles. The van der Waals surface area contributed by atoms with Gasteiger partial charge in [0, 0.05) is 6.07 Å². The minimum Gasteiger partial charge on any atom is -0.258 e. The van der Waals surface area contributed by atoms with Gasteiger partial charge in [-0.1, -0.05) is 91.0 Å². The van der Waals surface area contributed by atoms with E-state index in [1.807, 2.05) is 85.0 Å². The molecule has 0 radical (unpaired) electrons. The zero-order chi connectivity index (χ0) is 17.5. The fraction of sp³-hybridized carbons (Fsp3) is 0. The summed E-state index contributed by atoms with van der Waals surface area (Å²) in [7, 11) is 0. The molecular weight excluding hydrogens is 310 g/mol. The third-order valence-electron chi connectivity index (χ3n) is 3.81. The molecule has 0 bridgehead atoms. The molecule has 0 atom stereocenters. The first-order valence-corrected chi connectivity index (χ1v) is 7.98. The lowest BCUT2D eigenvalue weighted by Crippen LogP contribution is -1.93. The van der Waals surface area contributed by atoms with Gasteiger partial charge in [0.05, 0.1) is 10.5 Å². The van der Waals surface area contributed by atoms with Crippen LogP contribution in [0.5, 0.6) is 0 Å². The zero-order valence-electron chi connectivity index (χ0n) is 13.6. The molecule has 0 N–H and O–H groups in total. The van der Waals surface area contributed by atoms with Crippen molar-refractivity contribution in [1.82, 2.24) is 0 Å². The Kier molecular flexibility index (Phi) is 5.17. The van der Waals surface area contributed by atoms with Crippen LogP contribution >= 0.6 is 0 Å². The average molecular weight is 327 g/mol. The summed E-state index contributed by atoms with van der Waals surface area (Å²) in [5.74, 6) is 0. The van der Waals surface area contributed by atoms with Crippen molar-refractivity contribution in [3.05, 3.63) is 111 Å². The Bertz CT molecular complexity index is 913. The summed E-state index contributed by atoms with van der Waals surface area (Å²) in [6.45, 7) is 0. The van der Waals surface area contributed by atoms with Gasteiger partial charge in [-0.15, -0.1) is 0 Å². The maximum Gasteiger partial charge on any atom is 0.277 e. The highest BCUT2D eigenvalue weighted by Gasteiger charge is 2.13. The second-order valence-electron chi connectivity index (χ2n) is 5.53. The van der Waals surface area contributed by atoms with E-state index in [0.717, 1.165) is 16.7 Å². The number of benzene rings is 3. The first-order chi connectivity index (χ1) is 12.2. The van der Waals surface area contributed by atoms with E-state index in [1.165, 1.54) is 6.07 Å². The Morgan fingerprint density at radius 2 is 1.20 bits per heavy atom. The van der Waals surface area contributed by atoms with E-state index in [0.29, 0.717) is 5.56 Å². The molecular formula is C22H17NO2. The van der Waals surface area contributed by atoms with E-state index in [2.05, 4.69) is 0 Å². The standard InChI is InChI=1S/C22H17NO2/c24-23(25)22-13-7-12-20(16-14-18-8-3-1-4-9-18)21(22)17-15-19-10-5-2-6-11-19/h1-17H. The Morgan fingerprint density at radius 1 is 0.640 bits per heavy atom. The van der Waals surface area contributed by atoms with Crippen LogP contribution in [0, 0.1) is 10.1 Å². The van der Waals surface area contributed by atoms with Crippen molar-refractivity contribution in [2.45, 2.75) is 0 Å². The molecule has 0 unspecified atom stereocenters. The highest BCUT2D eigenvalue weighted by Crippen LogP contribution is 2.26. The Balaban J connectivity index is 2.00. The third kappa shape index (κ3) is 4.30. The van der Waals surface area contributed by atoms with Crippen molar-refractivity contribution in [3.63, 3.8) is 0 Å². The topological polar surface area (TPSA) is 43.1 Å². The number of nitrogens with zero attached hydrogens (tertiary/aromatic N) is 1. The Morgan fingerprint density at radius 3 is 1.76 bits per heavy atom. The molecule has 0 aliphatic heterocycles. The highest BCUT2D eigenvalue weighted by molar-refractivity contribution is 5.83. The summed E-state index contributed by atoms with van der Waals surface area (Å²) in [5.41, 5.74) is 3.56. The maximum atomic E-state index is 11.4. The number of nitro benzene ring substituents is 1. The first-order valence-electron chi connectivity index (χ1n) is 7.98. The van der Waals surface area contributed by atoms with Crippen LogP contribution in [0.1, 0.15) is 22.3 Å². The van der Waals surface area contributed by atoms with Crippen molar-refractivity contribution >= 4 is 30.0 Å². The van der Waals surface area contributed by atoms with Crippen LogP contribution in [-0.2, 0) is 0 Å². The number of hydrogen-bond donors (Lipinski definition) is 0. The molecule has 0 aliphatic rings. The van der Waals surface area contributed by atoms with E-state index in [1.54, 1.807) is 12.1 Å². The van der Waals surface area contributed by atoms with Crippen LogP contribution in [0.25, 0.3) is 24.3 Å². The predicted octanol–water partition coefficient (Wildman–Crippen LogP) is 5.94. The molecule has 3 aromatic carbocycles. The molecule has 3 aromatic rings. The molecule has 122 valence electrons. The average Bonchev–Trinajstić information content (AvgIpc) is 2.66. The summed E-state index contributed by atoms with van der Waals surface area (Å²) in [6.07, 6.45) is 7.56. The minimum absolute atomic E-state index is 0.0994. The van der Waals surface area contributed by atoms with Crippen LogP contribution in [0.2, 0.25) is 0 Å². The van der Waals surface area contributed by atoms with E-state index >= 15 is 0 Å².